The minimum Gasteiger partial charge on any atom is -0.391 e. The first kappa shape index (κ1) is 22.1. The van der Waals surface area contributed by atoms with Crippen LogP contribution in [0.3, 0.4) is 0 Å². The largest absolute Gasteiger partial charge is 0.391 e. The zero-order chi connectivity index (χ0) is 21.4. The van der Waals surface area contributed by atoms with Crippen molar-refractivity contribution in [1.82, 2.24) is 15.7 Å². The molecule has 2 unspecified atom stereocenters. The van der Waals surface area contributed by atoms with Gasteiger partial charge >= 0.3 is 0 Å². The molecule has 29 heavy (non-hydrogen) atoms. The summed E-state index contributed by atoms with van der Waals surface area (Å²) in [6, 6.07) is 13.3. The first-order valence-corrected chi connectivity index (χ1v) is 9.09. The average molecular weight is 395 g/mol. The van der Waals surface area contributed by atoms with Crippen LogP contribution in [0.4, 0.5) is 0 Å². The maximum absolute atomic E-state index is 12.3. The van der Waals surface area contributed by atoms with Gasteiger partial charge in [0.2, 0.25) is 0 Å². The minimum atomic E-state index is -1.26. The fraction of sp³-hybridized carbons (Fsp3) is 0.273. The molecule has 0 heterocycles. The minimum absolute atomic E-state index is 0.306. The molecule has 0 fully saturated rings. The number of benzene rings is 2. The standard InChI is InChI=1S/C22H25N3O4/c1-15(26)20(22(28)24-29)23-21(27)18-12-9-16(10-13-18)8-11-17-6-4-5-7-19(17)14-25(2)3/h4-7,9-10,12-13,15,20,26,29H,14H2,1-3H3,(H,23,27)(H,24,28). The van der Waals surface area contributed by atoms with Crippen LogP contribution in [0.2, 0.25) is 0 Å². The van der Waals surface area contributed by atoms with Crippen molar-refractivity contribution in [2.45, 2.75) is 25.6 Å². The summed E-state index contributed by atoms with van der Waals surface area (Å²) in [5, 5.41) is 20.7. The highest BCUT2D eigenvalue weighted by Crippen LogP contribution is 2.10. The first-order valence-electron chi connectivity index (χ1n) is 9.09. The molecule has 0 radical (unpaired) electrons. The van der Waals surface area contributed by atoms with Crippen LogP contribution in [0.15, 0.2) is 48.5 Å². The molecule has 7 nitrogen and oxygen atoms in total. The summed E-state index contributed by atoms with van der Waals surface area (Å²) in [6.45, 7) is 2.13. The molecule has 2 aromatic carbocycles. The number of hydrogen-bond acceptors (Lipinski definition) is 5. The van der Waals surface area contributed by atoms with Crippen LogP contribution < -0.4 is 10.8 Å². The van der Waals surface area contributed by atoms with Crippen molar-refractivity contribution in [1.29, 1.82) is 0 Å². The van der Waals surface area contributed by atoms with Crippen molar-refractivity contribution >= 4 is 11.8 Å². The molecular weight excluding hydrogens is 370 g/mol. The topological polar surface area (TPSA) is 102 Å². The highest BCUT2D eigenvalue weighted by Gasteiger charge is 2.25. The zero-order valence-electron chi connectivity index (χ0n) is 16.6. The molecule has 0 aromatic heterocycles. The highest BCUT2D eigenvalue weighted by atomic mass is 16.5. The number of aliphatic hydroxyl groups is 1. The SMILES string of the molecule is CC(O)C(NC(=O)c1ccc(C#Cc2ccccc2CN(C)C)cc1)C(=O)NO. The number of nitrogens with one attached hydrogen (secondary N) is 2. The molecule has 0 saturated carbocycles. The first-order chi connectivity index (χ1) is 13.8. The Bertz CT molecular complexity index is 912. The van der Waals surface area contributed by atoms with Gasteiger partial charge in [-0.05, 0) is 56.9 Å². The predicted octanol–water partition coefficient (Wildman–Crippen LogP) is 1.13. The van der Waals surface area contributed by atoms with Gasteiger partial charge in [0, 0.05) is 23.2 Å². The Labute approximate surface area is 170 Å². The van der Waals surface area contributed by atoms with E-state index >= 15 is 0 Å². The van der Waals surface area contributed by atoms with Crippen LogP contribution in [0.1, 0.15) is 34.0 Å². The summed E-state index contributed by atoms with van der Waals surface area (Å²) < 4.78 is 0. The molecule has 2 aromatic rings. The van der Waals surface area contributed by atoms with Gasteiger partial charge in [-0.25, -0.2) is 5.48 Å². The summed E-state index contributed by atoms with van der Waals surface area (Å²) >= 11 is 0. The van der Waals surface area contributed by atoms with E-state index in [-0.39, 0.29) is 0 Å². The van der Waals surface area contributed by atoms with E-state index in [1.807, 2.05) is 38.4 Å². The van der Waals surface area contributed by atoms with Crippen LogP contribution in [0, 0.1) is 11.8 Å². The lowest BCUT2D eigenvalue weighted by molar-refractivity contribution is -0.133. The van der Waals surface area contributed by atoms with Crippen molar-refractivity contribution in [3.63, 3.8) is 0 Å². The van der Waals surface area contributed by atoms with Crippen LogP contribution in [-0.4, -0.2) is 53.3 Å². The Morgan fingerprint density at radius 1 is 1.07 bits per heavy atom. The predicted molar refractivity (Wildman–Crippen MR) is 109 cm³/mol. The normalized spacial score (nSPS) is 12.5. The van der Waals surface area contributed by atoms with Gasteiger partial charge in [0.1, 0.15) is 6.04 Å². The lowest BCUT2D eigenvalue weighted by atomic mass is 10.1. The Hall–Kier alpha value is -3.18. The fourth-order valence-electron chi connectivity index (χ4n) is 2.66. The van der Waals surface area contributed by atoms with Crippen LogP contribution in [0.25, 0.3) is 0 Å². The molecule has 0 spiro atoms. The summed E-state index contributed by atoms with van der Waals surface area (Å²) in [5.74, 6) is 4.81. The Kier molecular flexibility index (Phi) is 7.92. The van der Waals surface area contributed by atoms with Crippen molar-refractivity contribution in [2.24, 2.45) is 0 Å². The Balaban J connectivity index is 2.13. The van der Waals surface area contributed by atoms with E-state index in [1.54, 1.807) is 24.3 Å². The molecule has 0 aliphatic carbocycles. The molecule has 152 valence electrons. The van der Waals surface area contributed by atoms with Gasteiger partial charge in [-0.2, -0.15) is 0 Å². The average Bonchev–Trinajstić information content (AvgIpc) is 2.70. The van der Waals surface area contributed by atoms with E-state index in [9.17, 15) is 14.7 Å². The third-order valence-corrected chi connectivity index (χ3v) is 4.15. The summed E-state index contributed by atoms with van der Waals surface area (Å²) in [6.07, 6.45) is -1.17. The molecule has 0 bridgehead atoms. The molecule has 0 aliphatic rings. The zero-order valence-corrected chi connectivity index (χ0v) is 16.6. The number of hydrogen-bond donors (Lipinski definition) is 4. The van der Waals surface area contributed by atoms with Crippen molar-refractivity contribution in [3.05, 3.63) is 70.8 Å². The number of carbonyl (C=O) groups is 2. The summed E-state index contributed by atoms with van der Waals surface area (Å²) in [7, 11) is 4.00. The van der Waals surface area contributed by atoms with Crippen LogP contribution >= 0.6 is 0 Å². The van der Waals surface area contributed by atoms with Gasteiger partial charge in [0.25, 0.3) is 11.8 Å². The van der Waals surface area contributed by atoms with E-state index in [4.69, 9.17) is 5.21 Å². The molecule has 2 rings (SSSR count). The fourth-order valence-corrected chi connectivity index (χ4v) is 2.66. The molecule has 2 amide bonds. The van der Waals surface area contributed by atoms with Crippen molar-refractivity contribution in [2.75, 3.05) is 14.1 Å². The van der Waals surface area contributed by atoms with E-state index in [1.165, 1.54) is 12.4 Å². The lowest BCUT2D eigenvalue weighted by Crippen LogP contribution is -2.51. The third kappa shape index (κ3) is 6.43. The van der Waals surface area contributed by atoms with E-state index < -0.39 is 24.0 Å². The van der Waals surface area contributed by atoms with E-state index in [2.05, 4.69) is 22.1 Å². The van der Waals surface area contributed by atoms with Crippen LogP contribution in [-0.2, 0) is 11.3 Å². The lowest BCUT2D eigenvalue weighted by Gasteiger charge is -2.19. The second-order valence-electron chi connectivity index (χ2n) is 6.89. The van der Waals surface area contributed by atoms with Gasteiger partial charge < -0.3 is 15.3 Å². The van der Waals surface area contributed by atoms with Gasteiger partial charge in [0.15, 0.2) is 0 Å². The maximum Gasteiger partial charge on any atom is 0.268 e. The summed E-state index contributed by atoms with van der Waals surface area (Å²) in [5.41, 5.74) is 4.54. The molecular formula is C22H25N3O4. The highest BCUT2D eigenvalue weighted by molar-refractivity contribution is 5.97. The third-order valence-electron chi connectivity index (χ3n) is 4.15. The van der Waals surface area contributed by atoms with Gasteiger partial charge in [-0.3, -0.25) is 14.8 Å². The number of rotatable bonds is 6. The second-order valence-corrected chi connectivity index (χ2v) is 6.89. The van der Waals surface area contributed by atoms with E-state index in [0.29, 0.717) is 5.56 Å². The molecule has 2 atom stereocenters. The van der Waals surface area contributed by atoms with Gasteiger partial charge in [0.05, 0.1) is 6.10 Å². The Morgan fingerprint density at radius 3 is 2.31 bits per heavy atom. The van der Waals surface area contributed by atoms with Gasteiger partial charge in [-0.1, -0.05) is 30.0 Å². The molecule has 7 heteroatoms. The Morgan fingerprint density at radius 2 is 1.72 bits per heavy atom. The summed E-state index contributed by atoms with van der Waals surface area (Å²) in [4.78, 5) is 25.9. The number of aliphatic hydroxyl groups excluding tert-OH is 1. The monoisotopic (exact) mass is 395 g/mol. The second kappa shape index (κ2) is 10.4. The number of nitrogens with zero attached hydrogens (tertiary/aromatic N) is 1. The van der Waals surface area contributed by atoms with Crippen LogP contribution in [0.5, 0.6) is 0 Å². The number of carbonyl (C=O) groups excluding carboxylic acids is 2. The van der Waals surface area contributed by atoms with E-state index in [0.717, 1.165) is 23.2 Å². The molecule has 4 N–H and O–H groups in total. The number of hydroxylamine groups is 1. The van der Waals surface area contributed by atoms with Gasteiger partial charge in [-0.15, -0.1) is 0 Å². The molecule has 0 aliphatic heterocycles. The molecule has 0 saturated heterocycles. The van der Waals surface area contributed by atoms with Crippen molar-refractivity contribution in [3.8, 4) is 11.8 Å². The maximum atomic E-state index is 12.3. The van der Waals surface area contributed by atoms with Crippen molar-refractivity contribution < 1.29 is 19.9 Å². The smallest absolute Gasteiger partial charge is 0.268 e. The quantitative estimate of drug-likeness (QED) is 0.334. The number of amides is 2.